The van der Waals surface area contributed by atoms with E-state index in [1.165, 1.54) is 12.3 Å². The minimum absolute atomic E-state index is 0.251. The molecule has 0 radical (unpaired) electrons. The molecule has 0 unspecified atom stereocenters. The van der Waals surface area contributed by atoms with E-state index in [9.17, 15) is 4.79 Å². The van der Waals surface area contributed by atoms with E-state index in [-0.39, 0.29) is 5.56 Å². The van der Waals surface area contributed by atoms with Crippen molar-refractivity contribution in [3.05, 3.63) is 59.2 Å². The van der Waals surface area contributed by atoms with E-state index in [1.807, 2.05) is 19.1 Å². The predicted molar refractivity (Wildman–Crippen MR) is 74.8 cm³/mol. The number of pyridine rings is 2. The van der Waals surface area contributed by atoms with Crippen LogP contribution < -0.4 is 0 Å². The Morgan fingerprint density at radius 3 is 2.95 bits per heavy atom. The Hall–Kier alpha value is -2.69. The van der Waals surface area contributed by atoms with E-state index < -0.39 is 5.97 Å². The van der Waals surface area contributed by atoms with Crippen LogP contribution in [0.2, 0.25) is 0 Å². The van der Waals surface area contributed by atoms with Crippen molar-refractivity contribution in [3.63, 3.8) is 0 Å². The number of aromatic carboxylic acids is 1. The van der Waals surface area contributed by atoms with Crippen LogP contribution in [-0.2, 0) is 6.42 Å². The van der Waals surface area contributed by atoms with Gasteiger partial charge in [-0.05, 0) is 36.8 Å². The number of H-pyrrole nitrogens is 1. The van der Waals surface area contributed by atoms with Crippen molar-refractivity contribution < 1.29 is 9.90 Å². The third-order valence-electron chi connectivity index (χ3n) is 3.11. The average molecular weight is 267 g/mol. The van der Waals surface area contributed by atoms with Gasteiger partial charge in [0, 0.05) is 35.6 Å². The molecule has 0 amide bonds. The fourth-order valence-electron chi connectivity index (χ4n) is 2.21. The van der Waals surface area contributed by atoms with Crippen LogP contribution in [-0.4, -0.2) is 26.0 Å². The SMILES string of the molecule is Cc1cc2cc(Cc3cc(C(=O)O)ccn3)cnc2[nH]1. The van der Waals surface area contributed by atoms with Crippen LogP contribution >= 0.6 is 0 Å². The van der Waals surface area contributed by atoms with Crippen molar-refractivity contribution in [1.29, 1.82) is 0 Å². The lowest BCUT2D eigenvalue weighted by molar-refractivity contribution is 0.0696. The summed E-state index contributed by atoms with van der Waals surface area (Å²) in [5, 5.41) is 10.0. The fourth-order valence-corrected chi connectivity index (χ4v) is 2.21. The summed E-state index contributed by atoms with van der Waals surface area (Å²) in [6.07, 6.45) is 3.87. The molecule has 0 atom stereocenters. The first-order valence-corrected chi connectivity index (χ1v) is 6.24. The molecule has 5 heteroatoms. The van der Waals surface area contributed by atoms with Crippen LogP contribution in [0.4, 0.5) is 0 Å². The molecule has 0 bridgehead atoms. The number of nitrogens with one attached hydrogen (secondary N) is 1. The predicted octanol–water partition coefficient (Wildman–Crippen LogP) is 2.56. The third kappa shape index (κ3) is 2.38. The zero-order valence-electron chi connectivity index (χ0n) is 10.9. The largest absolute Gasteiger partial charge is 0.478 e. The smallest absolute Gasteiger partial charge is 0.335 e. The topological polar surface area (TPSA) is 78.9 Å². The van der Waals surface area contributed by atoms with Gasteiger partial charge in [-0.1, -0.05) is 0 Å². The number of carboxylic acid groups (broad SMARTS) is 1. The molecule has 0 saturated heterocycles. The summed E-state index contributed by atoms with van der Waals surface area (Å²) in [5.41, 5.74) is 3.90. The van der Waals surface area contributed by atoms with Gasteiger partial charge < -0.3 is 10.1 Å². The van der Waals surface area contributed by atoms with Crippen LogP contribution in [0.1, 0.15) is 27.3 Å². The van der Waals surface area contributed by atoms with Crippen LogP contribution in [0.5, 0.6) is 0 Å². The molecule has 0 aliphatic rings. The summed E-state index contributed by atoms with van der Waals surface area (Å²) in [6, 6.07) is 7.16. The maximum Gasteiger partial charge on any atom is 0.335 e. The number of carboxylic acids is 1. The molecular formula is C15H13N3O2. The van der Waals surface area contributed by atoms with Crippen LogP contribution in [0.15, 0.2) is 36.7 Å². The molecular weight excluding hydrogens is 254 g/mol. The summed E-state index contributed by atoms with van der Waals surface area (Å²) in [4.78, 5) is 22.7. The van der Waals surface area contributed by atoms with Crippen molar-refractivity contribution in [2.45, 2.75) is 13.3 Å². The van der Waals surface area contributed by atoms with Gasteiger partial charge in [-0.15, -0.1) is 0 Å². The van der Waals surface area contributed by atoms with E-state index in [1.54, 1.807) is 12.3 Å². The van der Waals surface area contributed by atoms with Gasteiger partial charge in [0.2, 0.25) is 0 Å². The molecule has 0 fully saturated rings. The first-order valence-electron chi connectivity index (χ1n) is 6.24. The van der Waals surface area contributed by atoms with Gasteiger partial charge >= 0.3 is 5.97 Å². The number of hydrogen-bond donors (Lipinski definition) is 2. The van der Waals surface area contributed by atoms with Crippen LogP contribution in [0, 0.1) is 6.92 Å². The van der Waals surface area contributed by atoms with Gasteiger partial charge in [0.05, 0.1) is 5.56 Å². The van der Waals surface area contributed by atoms with Crippen molar-refractivity contribution in [2.75, 3.05) is 0 Å². The van der Waals surface area contributed by atoms with Crippen LogP contribution in [0.25, 0.3) is 11.0 Å². The molecule has 3 rings (SSSR count). The van der Waals surface area contributed by atoms with Gasteiger partial charge in [0.15, 0.2) is 0 Å². The van der Waals surface area contributed by atoms with Gasteiger partial charge in [-0.3, -0.25) is 4.98 Å². The van der Waals surface area contributed by atoms with Crippen molar-refractivity contribution >= 4 is 17.0 Å². The molecule has 100 valence electrons. The summed E-state index contributed by atoms with van der Waals surface area (Å²) < 4.78 is 0. The molecule has 5 nitrogen and oxygen atoms in total. The number of rotatable bonds is 3. The Morgan fingerprint density at radius 2 is 2.15 bits per heavy atom. The molecule has 3 heterocycles. The van der Waals surface area contributed by atoms with E-state index in [4.69, 9.17) is 5.11 Å². The van der Waals surface area contributed by atoms with Crippen LogP contribution in [0.3, 0.4) is 0 Å². The Balaban J connectivity index is 1.92. The Bertz CT molecular complexity index is 793. The molecule has 3 aromatic rings. The normalized spacial score (nSPS) is 10.8. The third-order valence-corrected chi connectivity index (χ3v) is 3.11. The summed E-state index contributed by atoms with van der Waals surface area (Å²) in [6.45, 7) is 1.99. The number of aromatic nitrogens is 3. The molecule has 0 saturated carbocycles. The fraction of sp³-hybridized carbons (Fsp3) is 0.133. The van der Waals surface area contributed by atoms with Crippen molar-refractivity contribution in [3.8, 4) is 0 Å². The highest BCUT2D eigenvalue weighted by Gasteiger charge is 2.06. The maximum absolute atomic E-state index is 10.9. The number of carbonyl (C=O) groups is 1. The zero-order valence-corrected chi connectivity index (χ0v) is 10.9. The highest BCUT2D eigenvalue weighted by atomic mass is 16.4. The minimum Gasteiger partial charge on any atom is -0.478 e. The van der Waals surface area contributed by atoms with Crippen molar-refractivity contribution in [2.24, 2.45) is 0 Å². The molecule has 20 heavy (non-hydrogen) atoms. The number of nitrogens with zero attached hydrogens (tertiary/aromatic N) is 2. The van der Waals surface area contributed by atoms with Gasteiger partial charge in [0.25, 0.3) is 0 Å². The highest BCUT2D eigenvalue weighted by Crippen LogP contribution is 2.16. The average Bonchev–Trinajstić information content (AvgIpc) is 2.78. The lowest BCUT2D eigenvalue weighted by Gasteiger charge is -2.02. The highest BCUT2D eigenvalue weighted by molar-refractivity contribution is 5.87. The molecule has 0 aliphatic heterocycles. The lowest BCUT2D eigenvalue weighted by atomic mass is 10.1. The van der Waals surface area contributed by atoms with Gasteiger partial charge in [-0.25, -0.2) is 9.78 Å². The molecule has 3 aromatic heterocycles. The van der Waals surface area contributed by atoms with E-state index in [2.05, 4.69) is 15.0 Å². The molecule has 0 aliphatic carbocycles. The summed E-state index contributed by atoms with van der Waals surface area (Å²) >= 11 is 0. The molecule has 2 N–H and O–H groups in total. The summed E-state index contributed by atoms with van der Waals surface area (Å²) in [7, 11) is 0. The minimum atomic E-state index is -0.941. The second kappa shape index (κ2) is 4.77. The quantitative estimate of drug-likeness (QED) is 0.764. The zero-order chi connectivity index (χ0) is 14.1. The van der Waals surface area contributed by atoms with Crippen molar-refractivity contribution in [1.82, 2.24) is 15.0 Å². The first-order chi connectivity index (χ1) is 9.61. The Labute approximate surface area is 115 Å². The second-order valence-corrected chi connectivity index (χ2v) is 4.75. The number of aromatic amines is 1. The van der Waals surface area contributed by atoms with E-state index >= 15 is 0 Å². The molecule has 0 aromatic carbocycles. The van der Waals surface area contributed by atoms with E-state index in [0.717, 1.165) is 28.0 Å². The van der Waals surface area contributed by atoms with Gasteiger partial charge in [0.1, 0.15) is 5.65 Å². The Morgan fingerprint density at radius 1 is 1.30 bits per heavy atom. The molecule has 0 spiro atoms. The maximum atomic E-state index is 10.9. The first kappa shape index (κ1) is 12.3. The number of hydrogen-bond acceptors (Lipinski definition) is 3. The van der Waals surface area contributed by atoms with Gasteiger partial charge in [-0.2, -0.15) is 0 Å². The summed E-state index contributed by atoms with van der Waals surface area (Å²) in [5.74, 6) is -0.941. The Kier molecular flexibility index (Phi) is 2.95. The second-order valence-electron chi connectivity index (χ2n) is 4.75. The standard InChI is InChI=1S/C15H13N3O2/c1-9-4-12-5-10(8-17-14(12)18-9)6-13-7-11(15(19)20)2-3-16-13/h2-5,7-8H,6H2,1H3,(H,17,18)(H,19,20). The monoisotopic (exact) mass is 267 g/mol. The number of aryl methyl sites for hydroxylation is 1. The lowest BCUT2D eigenvalue weighted by Crippen LogP contribution is -2.00. The number of fused-ring (bicyclic) bond motifs is 1. The van der Waals surface area contributed by atoms with E-state index in [0.29, 0.717) is 6.42 Å².